The average Bonchev–Trinajstić information content (AvgIpc) is 3.87. The van der Waals surface area contributed by atoms with E-state index in [1.165, 1.54) is 21.9 Å². The number of hydrogen-bond donors (Lipinski definition) is 0. The van der Waals surface area contributed by atoms with Gasteiger partial charge in [-0.25, -0.2) is 0 Å². The second kappa shape index (κ2) is 11.3. The van der Waals surface area contributed by atoms with Crippen molar-refractivity contribution >= 4 is 21.5 Å². The fourth-order valence-electron chi connectivity index (χ4n) is 4.51. The molecule has 38 heavy (non-hydrogen) atoms. The zero-order valence-corrected chi connectivity index (χ0v) is 21.9. The minimum Gasteiger partial charge on any atom is -0.490 e. The summed E-state index contributed by atoms with van der Waals surface area (Å²) in [5.74, 6) is 1.67. The van der Waals surface area contributed by atoms with Gasteiger partial charge in [-0.3, -0.25) is 0 Å². The number of benzene rings is 4. The molecule has 2 heterocycles. The molecule has 2 fully saturated rings. The van der Waals surface area contributed by atoms with Crippen molar-refractivity contribution in [2.75, 3.05) is 39.6 Å². The van der Waals surface area contributed by atoms with Crippen molar-refractivity contribution in [1.29, 1.82) is 0 Å². The van der Waals surface area contributed by atoms with Crippen LogP contribution in [0.4, 0.5) is 0 Å². The molecule has 198 valence electrons. The van der Waals surface area contributed by atoms with Crippen molar-refractivity contribution in [3.8, 4) is 11.5 Å². The Labute approximate surface area is 223 Å². The lowest BCUT2D eigenvalue weighted by Gasteiger charge is -2.14. The molecule has 4 unspecified atom stereocenters. The third-order valence-electron chi connectivity index (χ3n) is 7.10. The first-order valence-corrected chi connectivity index (χ1v) is 13.4. The topological polar surface area (TPSA) is 62.0 Å². The second-order valence-electron chi connectivity index (χ2n) is 10.1. The van der Waals surface area contributed by atoms with Gasteiger partial charge in [-0.05, 0) is 82.9 Å². The van der Waals surface area contributed by atoms with Crippen LogP contribution in [-0.4, -0.2) is 51.8 Å². The summed E-state index contributed by atoms with van der Waals surface area (Å²) in [6, 6.07) is 25.2. The highest BCUT2D eigenvalue weighted by atomic mass is 16.6. The molecule has 2 saturated heterocycles. The van der Waals surface area contributed by atoms with Crippen molar-refractivity contribution in [1.82, 2.24) is 0 Å². The van der Waals surface area contributed by atoms with Crippen LogP contribution in [-0.2, 0) is 18.9 Å². The van der Waals surface area contributed by atoms with Gasteiger partial charge in [0, 0.05) is 0 Å². The van der Waals surface area contributed by atoms with Gasteiger partial charge in [0.1, 0.15) is 36.9 Å². The van der Waals surface area contributed by atoms with Gasteiger partial charge in [-0.15, -0.1) is 0 Å². The summed E-state index contributed by atoms with van der Waals surface area (Å²) in [5, 5.41) is 4.61. The summed E-state index contributed by atoms with van der Waals surface area (Å²) >= 11 is 0. The van der Waals surface area contributed by atoms with Gasteiger partial charge < -0.3 is 28.4 Å². The number of hydrogen-bond acceptors (Lipinski definition) is 6. The lowest BCUT2D eigenvalue weighted by Crippen LogP contribution is -2.09. The van der Waals surface area contributed by atoms with Gasteiger partial charge in [0.2, 0.25) is 0 Å². The van der Waals surface area contributed by atoms with E-state index in [4.69, 9.17) is 28.4 Å². The molecule has 0 radical (unpaired) electrons. The first kappa shape index (κ1) is 25.1. The average molecular weight is 515 g/mol. The minimum atomic E-state index is 0.0406. The number of rotatable bonds is 13. The predicted octanol–water partition coefficient (Wildman–Crippen LogP) is 6.40. The van der Waals surface area contributed by atoms with Crippen LogP contribution < -0.4 is 9.47 Å². The van der Waals surface area contributed by atoms with E-state index in [0.29, 0.717) is 26.4 Å². The Morgan fingerprint density at radius 2 is 1.00 bits per heavy atom. The maximum atomic E-state index is 5.97. The largest absolute Gasteiger partial charge is 0.490 e. The summed E-state index contributed by atoms with van der Waals surface area (Å²) in [4.78, 5) is 0. The maximum absolute atomic E-state index is 5.97. The SMILES string of the molecule is CC(OCC1CO1)c1ccc2cc(OCCOc3ccc4cc(C(C)OCC5CO5)ccc4c3)ccc2c1. The Balaban J connectivity index is 0.995. The van der Waals surface area contributed by atoms with Crippen LogP contribution in [0, 0.1) is 0 Å². The highest BCUT2D eigenvalue weighted by Gasteiger charge is 2.24. The molecule has 0 N–H and O–H groups in total. The van der Waals surface area contributed by atoms with Gasteiger partial charge in [-0.2, -0.15) is 0 Å². The summed E-state index contributed by atoms with van der Waals surface area (Å²) in [7, 11) is 0. The van der Waals surface area contributed by atoms with Crippen molar-refractivity contribution in [3.63, 3.8) is 0 Å². The predicted molar refractivity (Wildman–Crippen MR) is 147 cm³/mol. The molecule has 6 rings (SSSR count). The van der Waals surface area contributed by atoms with E-state index in [2.05, 4.69) is 74.5 Å². The molecule has 6 nitrogen and oxygen atoms in total. The molecule has 0 spiro atoms. The van der Waals surface area contributed by atoms with E-state index in [0.717, 1.165) is 35.5 Å². The molecule has 6 heteroatoms. The quantitative estimate of drug-likeness (QED) is 0.152. The van der Waals surface area contributed by atoms with Crippen LogP contribution in [0.2, 0.25) is 0 Å². The number of ether oxygens (including phenoxy) is 6. The molecule has 0 aliphatic carbocycles. The Hall–Kier alpha value is -3.16. The fourth-order valence-corrected chi connectivity index (χ4v) is 4.51. The minimum absolute atomic E-state index is 0.0406. The standard InChI is InChI=1S/C32H34O6/c1-21(35-17-31-19-37-31)23-3-5-27-15-29(9-7-25(27)13-23)33-11-12-34-30-10-8-26-14-24(4-6-28(26)16-30)22(2)36-18-32-20-38-32/h3-10,13-16,21-22,31-32H,11-12,17-20H2,1-2H3. The van der Waals surface area contributed by atoms with E-state index in [1.807, 2.05) is 12.1 Å². The van der Waals surface area contributed by atoms with E-state index in [9.17, 15) is 0 Å². The highest BCUT2D eigenvalue weighted by Crippen LogP contribution is 2.28. The molecule has 2 aliphatic heterocycles. The zero-order chi connectivity index (χ0) is 25.9. The lowest BCUT2D eigenvalue weighted by molar-refractivity contribution is 0.0540. The Morgan fingerprint density at radius 3 is 1.42 bits per heavy atom. The van der Waals surface area contributed by atoms with E-state index in [1.54, 1.807) is 0 Å². The number of epoxide rings is 2. The first-order valence-electron chi connectivity index (χ1n) is 13.4. The van der Waals surface area contributed by atoms with Crippen molar-refractivity contribution in [2.45, 2.75) is 38.3 Å². The third-order valence-corrected chi connectivity index (χ3v) is 7.10. The summed E-state index contributed by atoms with van der Waals surface area (Å²) in [5.41, 5.74) is 2.33. The monoisotopic (exact) mass is 514 g/mol. The summed E-state index contributed by atoms with van der Waals surface area (Å²) < 4.78 is 34.2. The van der Waals surface area contributed by atoms with Crippen LogP contribution in [0.5, 0.6) is 11.5 Å². The van der Waals surface area contributed by atoms with Crippen LogP contribution >= 0.6 is 0 Å². The zero-order valence-electron chi connectivity index (χ0n) is 21.9. The normalized spacial score (nSPS) is 19.8. The van der Waals surface area contributed by atoms with Crippen molar-refractivity contribution in [2.24, 2.45) is 0 Å². The first-order chi connectivity index (χ1) is 18.6. The van der Waals surface area contributed by atoms with Crippen molar-refractivity contribution < 1.29 is 28.4 Å². The van der Waals surface area contributed by atoms with E-state index in [-0.39, 0.29) is 24.4 Å². The smallest absolute Gasteiger partial charge is 0.122 e. The molecule has 4 aromatic carbocycles. The molecule has 0 amide bonds. The second-order valence-corrected chi connectivity index (χ2v) is 10.1. The fraction of sp³-hybridized carbons (Fsp3) is 0.375. The van der Waals surface area contributed by atoms with Crippen LogP contribution in [0.1, 0.15) is 37.2 Å². The molecule has 4 atom stereocenters. The Morgan fingerprint density at radius 1 is 0.605 bits per heavy atom. The highest BCUT2D eigenvalue weighted by molar-refractivity contribution is 5.85. The van der Waals surface area contributed by atoms with Crippen LogP contribution in [0.15, 0.2) is 72.8 Å². The molecule has 0 aromatic heterocycles. The van der Waals surface area contributed by atoms with Gasteiger partial charge in [0.25, 0.3) is 0 Å². The Bertz CT molecular complexity index is 1290. The molecule has 0 saturated carbocycles. The molecular weight excluding hydrogens is 480 g/mol. The number of fused-ring (bicyclic) bond motifs is 2. The molecule has 4 aromatic rings. The van der Waals surface area contributed by atoms with Gasteiger partial charge >= 0.3 is 0 Å². The maximum Gasteiger partial charge on any atom is 0.122 e. The van der Waals surface area contributed by atoms with Crippen LogP contribution in [0.25, 0.3) is 21.5 Å². The lowest BCUT2D eigenvalue weighted by atomic mass is 10.0. The Kier molecular flexibility index (Phi) is 7.47. The van der Waals surface area contributed by atoms with Gasteiger partial charge in [0.15, 0.2) is 0 Å². The van der Waals surface area contributed by atoms with E-state index < -0.39 is 0 Å². The molecular formula is C32H34O6. The van der Waals surface area contributed by atoms with Crippen LogP contribution in [0.3, 0.4) is 0 Å². The summed E-state index contributed by atoms with van der Waals surface area (Å²) in [6.07, 6.45) is 0.633. The van der Waals surface area contributed by atoms with Gasteiger partial charge in [0.05, 0.1) is 38.6 Å². The van der Waals surface area contributed by atoms with E-state index >= 15 is 0 Å². The van der Waals surface area contributed by atoms with Crippen molar-refractivity contribution in [3.05, 3.63) is 83.9 Å². The molecule has 2 aliphatic rings. The molecule has 0 bridgehead atoms. The summed E-state index contributed by atoms with van der Waals surface area (Å²) in [6.45, 7) is 8.02. The third kappa shape index (κ3) is 6.45. The van der Waals surface area contributed by atoms with Gasteiger partial charge in [-0.1, -0.05) is 36.4 Å².